The van der Waals surface area contributed by atoms with Crippen LogP contribution in [0.4, 0.5) is 0 Å². The van der Waals surface area contributed by atoms with Crippen molar-refractivity contribution < 1.29 is 19.8 Å². The maximum Gasteiger partial charge on any atom is 0.247 e. The number of nitrogens with zero attached hydrogens (tertiary/aromatic N) is 1. The Balaban J connectivity index is 1.67. The molecular formula is C23H33ClN2O4. The molecule has 3 N–H and O–H groups in total. The van der Waals surface area contributed by atoms with Gasteiger partial charge in [-0.05, 0) is 61.6 Å². The zero-order valence-corrected chi connectivity index (χ0v) is 18.7. The maximum atomic E-state index is 13.2. The van der Waals surface area contributed by atoms with Crippen LogP contribution in [0.15, 0.2) is 24.3 Å². The minimum atomic E-state index is -0.995. The summed E-state index contributed by atoms with van der Waals surface area (Å²) < 4.78 is 0. The molecule has 7 heteroatoms. The van der Waals surface area contributed by atoms with Crippen LogP contribution in [0.3, 0.4) is 0 Å². The number of hydrogen-bond donors (Lipinski definition) is 3. The summed E-state index contributed by atoms with van der Waals surface area (Å²) in [6, 6.07) is 6.90. The Kier molecular flexibility index (Phi) is 7.10. The van der Waals surface area contributed by atoms with Crippen molar-refractivity contribution in [1.29, 1.82) is 0 Å². The lowest BCUT2D eigenvalue weighted by molar-refractivity contribution is -0.143. The Labute approximate surface area is 183 Å². The molecule has 1 saturated carbocycles. The second-order valence-electron chi connectivity index (χ2n) is 9.53. The number of hydrogen-bond acceptors (Lipinski definition) is 4. The van der Waals surface area contributed by atoms with Crippen LogP contribution < -0.4 is 5.32 Å². The number of piperidine rings is 1. The van der Waals surface area contributed by atoms with Crippen molar-refractivity contribution in [2.24, 2.45) is 11.3 Å². The third kappa shape index (κ3) is 5.16. The van der Waals surface area contributed by atoms with Gasteiger partial charge in [-0.25, -0.2) is 0 Å². The highest BCUT2D eigenvalue weighted by atomic mass is 35.5. The molecule has 2 unspecified atom stereocenters. The zero-order chi connectivity index (χ0) is 22.1. The van der Waals surface area contributed by atoms with E-state index in [0.717, 1.165) is 6.42 Å². The van der Waals surface area contributed by atoms with Crippen molar-refractivity contribution in [3.63, 3.8) is 0 Å². The number of likely N-dealkylation sites (tertiary alicyclic amines) is 1. The average Bonchev–Trinajstić information content (AvgIpc) is 3.12. The fourth-order valence-corrected chi connectivity index (χ4v) is 5.04. The van der Waals surface area contributed by atoms with Gasteiger partial charge in [0.1, 0.15) is 6.04 Å². The summed E-state index contributed by atoms with van der Waals surface area (Å²) in [5.41, 5.74) is 1.04. The molecule has 30 heavy (non-hydrogen) atoms. The van der Waals surface area contributed by atoms with Crippen LogP contribution in [-0.4, -0.2) is 58.3 Å². The molecule has 1 aromatic carbocycles. The molecule has 0 radical (unpaired) electrons. The number of nitrogens with one attached hydrogen (secondary N) is 1. The van der Waals surface area contributed by atoms with Gasteiger partial charge in [-0.15, -0.1) is 0 Å². The van der Waals surface area contributed by atoms with E-state index in [1.807, 2.05) is 24.3 Å². The Morgan fingerprint density at radius 2 is 1.87 bits per heavy atom. The third-order valence-corrected chi connectivity index (χ3v) is 6.89. The van der Waals surface area contributed by atoms with Crippen LogP contribution in [0, 0.1) is 11.3 Å². The highest BCUT2D eigenvalue weighted by molar-refractivity contribution is 6.30. The smallest absolute Gasteiger partial charge is 0.247 e. The average molecular weight is 437 g/mol. The molecule has 2 amide bonds. The van der Waals surface area contributed by atoms with Crippen LogP contribution in [0.25, 0.3) is 0 Å². The van der Waals surface area contributed by atoms with Crippen molar-refractivity contribution >= 4 is 23.4 Å². The Morgan fingerprint density at radius 1 is 1.20 bits per heavy atom. The van der Waals surface area contributed by atoms with E-state index in [2.05, 4.69) is 19.2 Å². The lowest BCUT2D eigenvalue weighted by Gasteiger charge is -2.45. The van der Waals surface area contributed by atoms with Crippen LogP contribution in [0.5, 0.6) is 0 Å². The van der Waals surface area contributed by atoms with E-state index >= 15 is 0 Å². The number of amides is 2. The van der Waals surface area contributed by atoms with Gasteiger partial charge >= 0.3 is 0 Å². The molecule has 6 nitrogen and oxygen atoms in total. The highest BCUT2D eigenvalue weighted by Crippen LogP contribution is 2.42. The molecule has 1 aromatic rings. The number of aliphatic hydroxyl groups is 2. The van der Waals surface area contributed by atoms with Crippen molar-refractivity contribution in [2.45, 2.75) is 70.6 Å². The molecule has 0 aromatic heterocycles. The third-order valence-electron chi connectivity index (χ3n) is 6.64. The summed E-state index contributed by atoms with van der Waals surface area (Å²) in [6.07, 6.45) is 0.950. The van der Waals surface area contributed by atoms with E-state index in [-0.39, 0.29) is 23.1 Å². The first-order chi connectivity index (χ1) is 14.1. The first kappa shape index (κ1) is 23.0. The number of aliphatic hydroxyl groups excluding tert-OH is 2. The molecule has 166 valence electrons. The number of rotatable bonds is 5. The van der Waals surface area contributed by atoms with E-state index in [9.17, 15) is 19.8 Å². The van der Waals surface area contributed by atoms with Gasteiger partial charge in [0.2, 0.25) is 11.8 Å². The first-order valence-electron chi connectivity index (χ1n) is 10.8. The van der Waals surface area contributed by atoms with Crippen LogP contribution in [-0.2, 0) is 9.59 Å². The van der Waals surface area contributed by atoms with Crippen molar-refractivity contribution in [3.8, 4) is 0 Å². The second kappa shape index (κ2) is 9.25. The van der Waals surface area contributed by atoms with Gasteiger partial charge < -0.3 is 20.4 Å². The summed E-state index contributed by atoms with van der Waals surface area (Å²) in [5.74, 6) is -0.528. The SMILES string of the molecule is CC(O)[C@@H](NC(=O)[C@@H]1CC[C@@H](O)C1)C(=O)N1CCC(c2ccc(Cl)cc2)C(C)(C)C1. The predicted molar refractivity (Wildman–Crippen MR) is 116 cm³/mol. The second-order valence-corrected chi connectivity index (χ2v) is 9.97. The van der Waals surface area contributed by atoms with E-state index in [1.165, 1.54) is 12.5 Å². The number of carbonyl (C=O) groups is 2. The first-order valence-corrected chi connectivity index (χ1v) is 11.2. The largest absolute Gasteiger partial charge is 0.393 e. The summed E-state index contributed by atoms with van der Waals surface area (Å²) in [5, 5.41) is 23.4. The Hall–Kier alpha value is -1.63. The normalized spacial score (nSPS) is 28.1. The van der Waals surface area contributed by atoms with Crippen molar-refractivity contribution in [2.75, 3.05) is 13.1 Å². The fourth-order valence-electron chi connectivity index (χ4n) is 4.91. The van der Waals surface area contributed by atoms with E-state index in [4.69, 9.17) is 11.6 Å². The van der Waals surface area contributed by atoms with Crippen LogP contribution >= 0.6 is 11.6 Å². The molecular weight excluding hydrogens is 404 g/mol. The summed E-state index contributed by atoms with van der Waals surface area (Å²) in [6.45, 7) is 6.91. The zero-order valence-electron chi connectivity index (χ0n) is 18.0. The molecule has 5 atom stereocenters. The maximum absolute atomic E-state index is 13.2. The van der Waals surface area contributed by atoms with Gasteiger partial charge in [0, 0.05) is 24.0 Å². The molecule has 1 heterocycles. The highest BCUT2D eigenvalue weighted by Gasteiger charge is 2.41. The molecule has 1 aliphatic heterocycles. The molecule has 0 spiro atoms. The molecule has 2 fully saturated rings. The van der Waals surface area contributed by atoms with Gasteiger partial charge in [0.05, 0.1) is 12.2 Å². The lowest BCUT2D eigenvalue weighted by atomic mass is 9.70. The topological polar surface area (TPSA) is 89.9 Å². The fraction of sp³-hybridized carbons (Fsp3) is 0.652. The molecule has 1 aliphatic carbocycles. The van der Waals surface area contributed by atoms with Gasteiger partial charge in [-0.2, -0.15) is 0 Å². The molecule has 0 bridgehead atoms. The lowest BCUT2D eigenvalue weighted by Crippen LogP contribution is -2.58. The van der Waals surface area contributed by atoms with E-state index in [0.29, 0.717) is 43.3 Å². The molecule has 1 saturated heterocycles. The number of benzene rings is 1. The molecule has 2 aliphatic rings. The summed E-state index contributed by atoms with van der Waals surface area (Å²) >= 11 is 6.02. The van der Waals surface area contributed by atoms with Crippen LogP contribution in [0.2, 0.25) is 5.02 Å². The summed E-state index contributed by atoms with van der Waals surface area (Å²) in [4.78, 5) is 27.5. The van der Waals surface area contributed by atoms with Crippen LogP contribution in [0.1, 0.15) is 57.9 Å². The Morgan fingerprint density at radius 3 is 2.40 bits per heavy atom. The summed E-state index contributed by atoms with van der Waals surface area (Å²) in [7, 11) is 0. The predicted octanol–water partition coefficient (Wildman–Crippen LogP) is 2.71. The minimum absolute atomic E-state index is 0.162. The Bertz CT molecular complexity index is 765. The van der Waals surface area contributed by atoms with E-state index in [1.54, 1.807) is 4.90 Å². The van der Waals surface area contributed by atoms with Gasteiger partial charge in [0.15, 0.2) is 0 Å². The van der Waals surface area contributed by atoms with E-state index < -0.39 is 18.2 Å². The standard InChI is InChI=1S/C23H33ClN2O4/c1-14(27)20(25-21(29)16-6-9-18(28)12-16)22(30)26-11-10-19(23(2,3)13-26)15-4-7-17(24)8-5-15/h4-5,7-8,14,16,18-20,27-28H,6,9-13H2,1-3H3,(H,25,29)/t14?,16-,18-,19?,20-/m1/s1. The van der Waals surface area contributed by atoms with Gasteiger partial charge in [0.25, 0.3) is 0 Å². The number of halogens is 1. The quantitative estimate of drug-likeness (QED) is 0.662. The minimum Gasteiger partial charge on any atom is -0.393 e. The number of carbonyl (C=O) groups excluding carboxylic acids is 2. The van der Waals surface area contributed by atoms with Gasteiger partial charge in [-0.1, -0.05) is 37.6 Å². The van der Waals surface area contributed by atoms with Crippen molar-refractivity contribution in [1.82, 2.24) is 10.2 Å². The van der Waals surface area contributed by atoms with Gasteiger partial charge in [-0.3, -0.25) is 9.59 Å². The molecule has 3 rings (SSSR count). The van der Waals surface area contributed by atoms with Crippen molar-refractivity contribution in [3.05, 3.63) is 34.9 Å². The monoisotopic (exact) mass is 436 g/mol.